The van der Waals surface area contributed by atoms with E-state index >= 15 is 0 Å². The molecule has 118 valence electrons. The van der Waals surface area contributed by atoms with E-state index in [0.29, 0.717) is 0 Å². The summed E-state index contributed by atoms with van der Waals surface area (Å²) in [6, 6.07) is 12.9. The minimum atomic E-state index is -0.173. The Hall–Kier alpha value is -1.23. The molecule has 0 atom stereocenters. The number of unbranched alkanes of at least 4 members (excludes halogenated alkanes) is 1. The Bertz CT molecular complexity index is 582. The molecule has 2 rings (SSSR count). The molecule has 0 unspecified atom stereocenters. The topological polar surface area (TPSA) is 18.5 Å². The molecule has 0 heterocycles. The van der Waals surface area contributed by atoms with E-state index in [4.69, 9.17) is 9.47 Å². The van der Waals surface area contributed by atoms with Crippen molar-refractivity contribution in [2.75, 3.05) is 13.7 Å². The number of methoxy groups -OCH3 is 1. The van der Waals surface area contributed by atoms with Gasteiger partial charge in [0.15, 0.2) is 7.14 Å². The third kappa shape index (κ3) is 4.63. The van der Waals surface area contributed by atoms with Crippen LogP contribution in [0.4, 0.5) is 0 Å². The smallest absolute Gasteiger partial charge is 0.358 e. The van der Waals surface area contributed by atoms with Crippen molar-refractivity contribution >= 4 is 0 Å². The third-order valence-corrected chi connectivity index (χ3v) is 7.01. The van der Waals surface area contributed by atoms with Crippen LogP contribution in [0, 0.1) is 21.0 Å². The second-order valence-corrected chi connectivity index (χ2v) is 8.19. The Morgan fingerprint density at radius 3 is 2.14 bits per heavy atom. The zero-order chi connectivity index (χ0) is 15.9. The van der Waals surface area contributed by atoms with Gasteiger partial charge >= 0.3 is 21.2 Å². The summed E-state index contributed by atoms with van der Waals surface area (Å²) in [5.74, 6) is 1.92. The first kappa shape index (κ1) is 17.1. The highest BCUT2D eigenvalue weighted by atomic mass is 127. The van der Waals surface area contributed by atoms with E-state index in [9.17, 15) is 0 Å². The Balaban J connectivity index is 2.08. The van der Waals surface area contributed by atoms with Crippen LogP contribution in [-0.4, -0.2) is 13.7 Å². The summed E-state index contributed by atoms with van der Waals surface area (Å²) in [6.45, 7) is 7.33. The van der Waals surface area contributed by atoms with Crippen molar-refractivity contribution < 1.29 is 30.7 Å². The van der Waals surface area contributed by atoms with E-state index in [1.807, 2.05) is 0 Å². The van der Waals surface area contributed by atoms with Gasteiger partial charge in [0.05, 0.1) is 13.7 Å². The van der Waals surface area contributed by atoms with Crippen LogP contribution in [0.3, 0.4) is 0 Å². The van der Waals surface area contributed by atoms with Gasteiger partial charge in [-0.1, -0.05) is 13.3 Å². The Morgan fingerprint density at radius 1 is 0.955 bits per heavy atom. The van der Waals surface area contributed by atoms with E-state index in [-0.39, 0.29) is 21.2 Å². The minimum absolute atomic E-state index is 0.173. The zero-order valence-corrected chi connectivity index (χ0v) is 15.9. The van der Waals surface area contributed by atoms with Crippen LogP contribution in [0.25, 0.3) is 0 Å². The van der Waals surface area contributed by atoms with E-state index in [2.05, 4.69) is 57.2 Å². The predicted molar refractivity (Wildman–Crippen MR) is 86.7 cm³/mol. The van der Waals surface area contributed by atoms with Crippen LogP contribution in [0.1, 0.15) is 30.9 Å². The fourth-order valence-corrected chi connectivity index (χ4v) is 4.71. The van der Waals surface area contributed by atoms with Crippen molar-refractivity contribution in [1.29, 1.82) is 0 Å². The lowest BCUT2D eigenvalue weighted by Gasteiger charge is -2.05. The van der Waals surface area contributed by atoms with E-state index < -0.39 is 0 Å². The van der Waals surface area contributed by atoms with Gasteiger partial charge in [-0.3, -0.25) is 0 Å². The maximum Gasteiger partial charge on any atom is 0.358 e. The first-order valence-corrected chi connectivity index (χ1v) is 9.82. The molecule has 0 amide bonds. The Labute approximate surface area is 144 Å². The highest BCUT2D eigenvalue weighted by Gasteiger charge is 2.22. The van der Waals surface area contributed by atoms with Crippen molar-refractivity contribution in [3.63, 3.8) is 0 Å². The lowest BCUT2D eigenvalue weighted by Crippen LogP contribution is -3.62. The monoisotopic (exact) mass is 411 g/mol. The maximum absolute atomic E-state index is 5.73. The molecule has 0 aromatic heterocycles. The van der Waals surface area contributed by atoms with Gasteiger partial charge < -0.3 is 9.47 Å². The summed E-state index contributed by atoms with van der Waals surface area (Å²) < 4.78 is 14.0. The summed E-state index contributed by atoms with van der Waals surface area (Å²) in [4.78, 5) is 0. The SMILES string of the molecule is CCCCOc1ccc([I+]c2c(C)cc(OC)cc2C)cc1. The summed E-state index contributed by atoms with van der Waals surface area (Å²) in [6.07, 6.45) is 2.28. The first-order valence-electron chi connectivity index (χ1n) is 7.67. The number of benzene rings is 2. The predicted octanol–water partition coefficient (Wildman–Crippen LogP) is 1.62. The molecule has 2 aromatic carbocycles. The van der Waals surface area contributed by atoms with Crippen molar-refractivity contribution in [2.45, 2.75) is 33.6 Å². The van der Waals surface area contributed by atoms with Crippen molar-refractivity contribution in [3.8, 4) is 11.5 Å². The van der Waals surface area contributed by atoms with E-state index in [0.717, 1.165) is 24.5 Å². The van der Waals surface area contributed by atoms with Crippen molar-refractivity contribution in [3.05, 3.63) is 54.7 Å². The third-order valence-electron chi connectivity index (χ3n) is 3.43. The molecule has 0 aliphatic carbocycles. The lowest BCUT2D eigenvalue weighted by molar-refractivity contribution is -0.598. The van der Waals surface area contributed by atoms with Gasteiger partial charge in [-0.25, -0.2) is 0 Å². The van der Waals surface area contributed by atoms with Crippen LogP contribution in [0.5, 0.6) is 11.5 Å². The fraction of sp³-hybridized carbons (Fsp3) is 0.368. The van der Waals surface area contributed by atoms with Crippen LogP contribution in [-0.2, 0) is 0 Å². The molecule has 0 spiro atoms. The maximum atomic E-state index is 5.73. The molecule has 0 aliphatic rings. The molecule has 0 fully saturated rings. The molecule has 2 aromatic rings. The van der Waals surface area contributed by atoms with Crippen LogP contribution in [0.15, 0.2) is 36.4 Å². The Morgan fingerprint density at radius 2 is 1.59 bits per heavy atom. The van der Waals surface area contributed by atoms with Gasteiger partial charge in [-0.15, -0.1) is 0 Å². The van der Waals surface area contributed by atoms with Gasteiger partial charge in [0.2, 0.25) is 0 Å². The normalized spacial score (nSPS) is 10.5. The minimum Gasteiger partial charge on any atom is -0.497 e. The quantitative estimate of drug-likeness (QED) is 0.510. The number of rotatable bonds is 7. The molecule has 22 heavy (non-hydrogen) atoms. The fourth-order valence-electron chi connectivity index (χ4n) is 2.21. The summed E-state index contributed by atoms with van der Waals surface area (Å²) in [7, 11) is 1.72. The standard InChI is InChI=1S/C19H24IO2/c1-5-6-11-22-17-9-7-16(8-10-17)20-19-14(2)12-18(21-4)13-15(19)3/h7-10,12-13H,5-6,11H2,1-4H3/q+1. The highest BCUT2D eigenvalue weighted by molar-refractivity contribution is 5.32. The van der Waals surface area contributed by atoms with Gasteiger partial charge in [0.1, 0.15) is 11.5 Å². The molecular formula is C19H24IO2+. The largest absolute Gasteiger partial charge is 0.497 e. The van der Waals surface area contributed by atoms with Gasteiger partial charge in [-0.2, -0.15) is 0 Å². The van der Waals surface area contributed by atoms with Crippen molar-refractivity contribution in [2.24, 2.45) is 0 Å². The molecule has 3 heteroatoms. The van der Waals surface area contributed by atoms with Gasteiger partial charge in [-0.05, 0) is 56.7 Å². The summed E-state index contributed by atoms with van der Waals surface area (Å²) in [5.41, 5.74) is 2.65. The second kappa shape index (κ2) is 8.42. The second-order valence-electron chi connectivity index (χ2n) is 5.33. The molecule has 0 bridgehead atoms. The number of ether oxygens (including phenoxy) is 2. The molecule has 0 aliphatic heterocycles. The van der Waals surface area contributed by atoms with E-state index in [1.165, 1.54) is 24.7 Å². The zero-order valence-electron chi connectivity index (χ0n) is 13.8. The number of aryl methyl sites for hydroxylation is 2. The average Bonchev–Trinajstić information content (AvgIpc) is 2.52. The van der Waals surface area contributed by atoms with Gasteiger partial charge in [0.25, 0.3) is 0 Å². The van der Waals surface area contributed by atoms with Crippen LogP contribution >= 0.6 is 0 Å². The first-order chi connectivity index (χ1) is 10.6. The number of hydrogen-bond acceptors (Lipinski definition) is 2. The van der Waals surface area contributed by atoms with Crippen LogP contribution in [0.2, 0.25) is 0 Å². The molecule has 0 saturated carbocycles. The molecule has 0 radical (unpaired) electrons. The lowest BCUT2D eigenvalue weighted by atomic mass is 10.1. The highest BCUT2D eigenvalue weighted by Crippen LogP contribution is 2.15. The summed E-state index contributed by atoms with van der Waals surface area (Å²) in [5, 5.41) is 0. The molecular weight excluding hydrogens is 387 g/mol. The van der Waals surface area contributed by atoms with Crippen molar-refractivity contribution in [1.82, 2.24) is 0 Å². The Kier molecular flexibility index (Phi) is 6.55. The number of hydrogen-bond donors (Lipinski definition) is 0. The molecule has 0 N–H and O–H groups in total. The van der Waals surface area contributed by atoms with Crippen LogP contribution < -0.4 is 30.7 Å². The van der Waals surface area contributed by atoms with Gasteiger partial charge in [0, 0.05) is 11.1 Å². The number of halogens is 1. The molecule has 2 nitrogen and oxygen atoms in total. The molecule has 0 saturated heterocycles. The summed E-state index contributed by atoms with van der Waals surface area (Å²) >= 11 is -0.173. The van der Waals surface area contributed by atoms with E-state index in [1.54, 1.807) is 7.11 Å². The average molecular weight is 411 g/mol.